The molecule has 22 heavy (non-hydrogen) atoms. The number of sulfonamides is 2. The van der Waals surface area contributed by atoms with Crippen LogP contribution < -0.4 is 9.44 Å². The number of rotatable bonds is 7. The van der Waals surface area contributed by atoms with Crippen molar-refractivity contribution in [2.45, 2.75) is 23.8 Å². The highest BCUT2D eigenvalue weighted by molar-refractivity contribution is 9.10. The Bertz CT molecular complexity index is 756. The van der Waals surface area contributed by atoms with E-state index in [0.29, 0.717) is 4.47 Å². The third-order valence-corrected chi connectivity index (χ3v) is 7.09. The van der Waals surface area contributed by atoms with Crippen molar-refractivity contribution in [3.63, 3.8) is 0 Å². The molecule has 0 aliphatic heterocycles. The highest BCUT2D eigenvalue weighted by Gasteiger charge is 2.27. The predicted octanol–water partition coefficient (Wildman–Crippen LogP) is 2.12. The Kier molecular flexibility index (Phi) is 5.80. The summed E-state index contributed by atoms with van der Waals surface area (Å²) in [6.07, 6.45) is 1.63. The minimum atomic E-state index is -4.00. The van der Waals surface area contributed by atoms with Gasteiger partial charge in [0, 0.05) is 17.1 Å². The summed E-state index contributed by atoms with van der Waals surface area (Å²) in [5.74, 6) is -0.353. The Morgan fingerprint density at radius 2 is 1.68 bits per heavy atom. The average Bonchev–Trinajstić information content (AvgIpc) is 3.09. The molecule has 11 heteroatoms. The van der Waals surface area contributed by atoms with Crippen molar-refractivity contribution >= 4 is 59.2 Å². The maximum Gasteiger partial charge on any atom is 0.243 e. The Labute approximate surface area is 147 Å². The second-order valence-electron chi connectivity index (χ2n) is 4.81. The van der Waals surface area contributed by atoms with Gasteiger partial charge in [-0.1, -0.05) is 39.1 Å². The highest BCUT2D eigenvalue weighted by Crippen LogP contribution is 2.32. The topological polar surface area (TPSA) is 92.3 Å². The third kappa shape index (κ3) is 5.05. The van der Waals surface area contributed by atoms with Gasteiger partial charge in [-0.15, -0.1) is 0 Å². The minimum absolute atomic E-state index is 0.0167. The molecule has 6 nitrogen and oxygen atoms in total. The molecule has 1 aromatic rings. The van der Waals surface area contributed by atoms with Crippen LogP contribution in [0.4, 0.5) is 0 Å². The van der Waals surface area contributed by atoms with Gasteiger partial charge in [-0.05, 0) is 25.0 Å². The number of benzene rings is 1. The number of hydrogen-bond donors (Lipinski definition) is 2. The molecule has 1 aliphatic carbocycles. The normalized spacial score (nSPS) is 16.0. The first kappa shape index (κ1) is 18.4. The summed E-state index contributed by atoms with van der Waals surface area (Å²) in [6, 6.07) is 2.78. The molecule has 1 aromatic carbocycles. The van der Waals surface area contributed by atoms with Gasteiger partial charge in [0.15, 0.2) is 0 Å². The lowest BCUT2D eigenvalue weighted by Crippen LogP contribution is -2.35. The van der Waals surface area contributed by atoms with E-state index in [2.05, 4.69) is 25.4 Å². The Balaban J connectivity index is 2.05. The predicted molar refractivity (Wildman–Crippen MR) is 89.3 cm³/mol. The van der Waals surface area contributed by atoms with E-state index in [4.69, 9.17) is 23.2 Å². The first-order valence-electron chi connectivity index (χ1n) is 6.25. The maximum absolute atomic E-state index is 12.2. The van der Waals surface area contributed by atoms with Crippen molar-refractivity contribution in [2.75, 3.05) is 12.3 Å². The van der Waals surface area contributed by atoms with Crippen LogP contribution in [0.2, 0.25) is 10.0 Å². The molecular weight excluding hydrogens is 439 g/mol. The molecule has 0 spiro atoms. The standard InChI is InChI=1S/C11H13BrCl2N2O4S2/c12-7-5-9(13)11(10(14)6-7)22(19,20)15-3-4-21(17,18)16-8-1-2-8/h5-6,8,15-16H,1-4H2. The van der Waals surface area contributed by atoms with Crippen LogP contribution in [-0.4, -0.2) is 35.2 Å². The van der Waals surface area contributed by atoms with E-state index in [1.807, 2.05) is 0 Å². The van der Waals surface area contributed by atoms with Gasteiger partial charge in [0.05, 0.1) is 15.8 Å². The summed E-state index contributed by atoms with van der Waals surface area (Å²) in [4.78, 5) is -0.272. The van der Waals surface area contributed by atoms with Crippen molar-refractivity contribution < 1.29 is 16.8 Å². The summed E-state index contributed by atoms with van der Waals surface area (Å²) in [7, 11) is -7.50. The zero-order valence-corrected chi connectivity index (χ0v) is 15.9. The molecule has 0 amide bonds. The van der Waals surface area contributed by atoms with Gasteiger partial charge in [-0.2, -0.15) is 0 Å². The molecular formula is C11H13BrCl2N2O4S2. The van der Waals surface area contributed by atoms with Gasteiger partial charge in [0.1, 0.15) is 4.90 Å². The molecule has 0 aromatic heterocycles. The molecule has 0 saturated heterocycles. The second-order valence-corrected chi connectivity index (χ2v) is 10.1. The van der Waals surface area contributed by atoms with Crippen LogP contribution in [0.15, 0.2) is 21.5 Å². The van der Waals surface area contributed by atoms with Gasteiger partial charge in [-0.3, -0.25) is 0 Å². The van der Waals surface area contributed by atoms with Crippen LogP contribution in [0.1, 0.15) is 12.8 Å². The smallest absolute Gasteiger partial charge is 0.212 e. The van der Waals surface area contributed by atoms with Crippen LogP contribution >= 0.6 is 39.1 Å². The molecule has 1 fully saturated rings. The van der Waals surface area contributed by atoms with E-state index in [1.165, 1.54) is 12.1 Å². The van der Waals surface area contributed by atoms with E-state index < -0.39 is 20.0 Å². The van der Waals surface area contributed by atoms with Gasteiger partial charge in [0.2, 0.25) is 20.0 Å². The molecule has 124 valence electrons. The van der Waals surface area contributed by atoms with Gasteiger partial charge in [-0.25, -0.2) is 26.3 Å². The largest absolute Gasteiger partial charge is 0.243 e. The van der Waals surface area contributed by atoms with Gasteiger partial charge in [0.25, 0.3) is 0 Å². The quantitative estimate of drug-likeness (QED) is 0.663. The highest BCUT2D eigenvalue weighted by atomic mass is 79.9. The fourth-order valence-corrected chi connectivity index (χ4v) is 6.01. The van der Waals surface area contributed by atoms with Crippen LogP contribution in [-0.2, 0) is 20.0 Å². The summed E-state index contributed by atoms with van der Waals surface area (Å²) in [6.45, 7) is -0.271. The van der Waals surface area contributed by atoms with Crippen molar-refractivity contribution in [1.29, 1.82) is 0 Å². The maximum atomic E-state index is 12.2. The van der Waals surface area contributed by atoms with Crippen LogP contribution in [0.3, 0.4) is 0 Å². The van der Waals surface area contributed by atoms with Crippen LogP contribution in [0, 0.1) is 0 Å². The Morgan fingerprint density at radius 1 is 1.14 bits per heavy atom. The van der Waals surface area contributed by atoms with Crippen LogP contribution in [0.5, 0.6) is 0 Å². The number of halogens is 3. The van der Waals surface area contributed by atoms with Crippen LogP contribution in [0.25, 0.3) is 0 Å². The molecule has 1 saturated carbocycles. The van der Waals surface area contributed by atoms with E-state index in [0.717, 1.165) is 12.8 Å². The molecule has 0 bridgehead atoms. The number of nitrogens with one attached hydrogen (secondary N) is 2. The monoisotopic (exact) mass is 450 g/mol. The zero-order valence-electron chi connectivity index (χ0n) is 11.1. The van der Waals surface area contributed by atoms with E-state index in [-0.39, 0.29) is 33.3 Å². The Hall–Kier alpha value is 0.1000. The lowest BCUT2D eigenvalue weighted by molar-refractivity contribution is 0.575. The molecule has 0 unspecified atom stereocenters. The molecule has 2 rings (SSSR count). The van der Waals surface area contributed by atoms with Crippen molar-refractivity contribution in [3.05, 3.63) is 26.7 Å². The Morgan fingerprint density at radius 3 is 2.18 bits per heavy atom. The molecule has 1 aliphatic rings. The third-order valence-electron chi connectivity index (χ3n) is 2.82. The van der Waals surface area contributed by atoms with Gasteiger partial charge < -0.3 is 0 Å². The average molecular weight is 452 g/mol. The molecule has 0 heterocycles. The first-order valence-corrected chi connectivity index (χ1v) is 10.9. The van der Waals surface area contributed by atoms with Crippen molar-refractivity contribution in [1.82, 2.24) is 9.44 Å². The summed E-state index contributed by atoms with van der Waals surface area (Å²) < 4.78 is 52.9. The summed E-state index contributed by atoms with van der Waals surface area (Å²) in [5.41, 5.74) is 0. The van der Waals surface area contributed by atoms with Crippen molar-refractivity contribution in [3.8, 4) is 0 Å². The fraction of sp³-hybridized carbons (Fsp3) is 0.455. The lowest BCUT2D eigenvalue weighted by Gasteiger charge is -2.11. The minimum Gasteiger partial charge on any atom is -0.212 e. The SMILES string of the molecule is O=S(=O)(CCNS(=O)(=O)c1c(Cl)cc(Br)cc1Cl)NC1CC1. The molecule has 0 radical (unpaired) electrons. The van der Waals surface area contributed by atoms with E-state index in [1.54, 1.807) is 0 Å². The summed E-state index contributed by atoms with van der Waals surface area (Å²) >= 11 is 15.0. The number of hydrogen-bond acceptors (Lipinski definition) is 4. The molecule has 2 N–H and O–H groups in total. The second kappa shape index (κ2) is 6.92. The fourth-order valence-electron chi connectivity index (χ4n) is 1.68. The van der Waals surface area contributed by atoms with Gasteiger partial charge >= 0.3 is 0 Å². The summed E-state index contributed by atoms with van der Waals surface area (Å²) in [5, 5.41) is -0.100. The first-order chi connectivity index (χ1) is 10.1. The van der Waals surface area contributed by atoms with E-state index in [9.17, 15) is 16.8 Å². The lowest BCUT2D eigenvalue weighted by atomic mass is 10.4. The zero-order chi connectivity index (χ0) is 16.5. The van der Waals surface area contributed by atoms with Crippen molar-refractivity contribution in [2.24, 2.45) is 0 Å². The molecule has 0 atom stereocenters. The van der Waals surface area contributed by atoms with E-state index >= 15 is 0 Å².